The van der Waals surface area contributed by atoms with E-state index in [0.29, 0.717) is 17.5 Å². The molecule has 1 saturated heterocycles. The van der Waals surface area contributed by atoms with Crippen molar-refractivity contribution in [3.8, 4) is 5.75 Å². The van der Waals surface area contributed by atoms with E-state index >= 15 is 0 Å². The van der Waals surface area contributed by atoms with Crippen LogP contribution in [0.1, 0.15) is 6.42 Å². The number of likely N-dealkylation sites (tertiary alicyclic amines) is 1. The molecule has 0 bridgehead atoms. The van der Waals surface area contributed by atoms with Gasteiger partial charge in [0.2, 0.25) is 0 Å². The minimum Gasteiger partial charge on any atom is -0.484 e. The Bertz CT molecular complexity index is 431. The lowest BCUT2D eigenvalue weighted by Gasteiger charge is -2.20. The Kier molecular flexibility index (Phi) is 4.27. The zero-order valence-electron chi connectivity index (χ0n) is 11.5. The summed E-state index contributed by atoms with van der Waals surface area (Å²) in [6.07, 6.45) is 1.03. The average Bonchev–Trinajstić information content (AvgIpc) is 2.87. The lowest BCUT2D eigenvalue weighted by molar-refractivity contribution is -0.132. The summed E-state index contributed by atoms with van der Waals surface area (Å²) in [7, 11) is 4.09. The molecular formula is C14H21N3O2. The fourth-order valence-electron chi connectivity index (χ4n) is 2.19. The zero-order valence-corrected chi connectivity index (χ0v) is 11.5. The third-order valence-corrected chi connectivity index (χ3v) is 3.49. The number of hydrogen-bond donors (Lipinski definition) is 1. The number of anilines is 1. The average molecular weight is 263 g/mol. The SMILES string of the molecule is CN(C)C1CCN(C(=O)COc2ccc(N)cc2)C1. The second-order valence-corrected chi connectivity index (χ2v) is 5.10. The Morgan fingerprint density at radius 1 is 1.42 bits per heavy atom. The van der Waals surface area contributed by atoms with Gasteiger partial charge in [-0.2, -0.15) is 0 Å². The van der Waals surface area contributed by atoms with Gasteiger partial charge in [0.05, 0.1) is 0 Å². The van der Waals surface area contributed by atoms with Crippen LogP contribution in [0, 0.1) is 0 Å². The third-order valence-electron chi connectivity index (χ3n) is 3.49. The number of benzene rings is 1. The van der Waals surface area contributed by atoms with Crippen molar-refractivity contribution < 1.29 is 9.53 Å². The van der Waals surface area contributed by atoms with Gasteiger partial charge < -0.3 is 20.3 Å². The molecule has 19 heavy (non-hydrogen) atoms. The molecule has 2 N–H and O–H groups in total. The highest BCUT2D eigenvalue weighted by molar-refractivity contribution is 5.78. The Morgan fingerprint density at radius 2 is 2.11 bits per heavy atom. The maximum Gasteiger partial charge on any atom is 0.260 e. The van der Waals surface area contributed by atoms with Gasteiger partial charge in [-0.3, -0.25) is 4.79 Å². The van der Waals surface area contributed by atoms with E-state index in [1.165, 1.54) is 0 Å². The number of ether oxygens (including phenoxy) is 1. The van der Waals surface area contributed by atoms with Gasteiger partial charge in [-0.15, -0.1) is 0 Å². The molecule has 1 heterocycles. The van der Waals surface area contributed by atoms with Gasteiger partial charge in [0.25, 0.3) is 5.91 Å². The number of hydrogen-bond acceptors (Lipinski definition) is 4. The van der Waals surface area contributed by atoms with Gasteiger partial charge in [0.1, 0.15) is 5.75 Å². The maximum atomic E-state index is 12.0. The van der Waals surface area contributed by atoms with E-state index in [9.17, 15) is 4.79 Å². The van der Waals surface area contributed by atoms with E-state index < -0.39 is 0 Å². The number of carbonyl (C=O) groups excluding carboxylic acids is 1. The molecule has 1 atom stereocenters. The fourth-order valence-corrected chi connectivity index (χ4v) is 2.19. The number of likely N-dealkylation sites (N-methyl/N-ethyl adjacent to an activating group) is 1. The van der Waals surface area contributed by atoms with Crippen LogP contribution in [-0.2, 0) is 4.79 Å². The van der Waals surface area contributed by atoms with Crippen molar-refractivity contribution >= 4 is 11.6 Å². The molecule has 5 heteroatoms. The maximum absolute atomic E-state index is 12.0. The quantitative estimate of drug-likeness (QED) is 0.817. The Hall–Kier alpha value is -1.75. The number of amides is 1. The molecule has 1 unspecified atom stereocenters. The van der Waals surface area contributed by atoms with Crippen molar-refractivity contribution in [3.63, 3.8) is 0 Å². The smallest absolute Gasteiger partial charge is 0.260 e. The predicted octanol–water partition coefficient (Wildman–Crippen LogP) is 0.810. The monoisotopic (exact) mass is 263 g/mol. The van der Waals surface area contributed by atoms with Crippen LogP contribution in [-0.4, -0.2) is 55.5 Å². The number of nitrogen functional groups attached to an aromatic ring is 1. The molecule has 1 aliphatic heterocycles. The van der Waals surface area contributed by atoms with Gasteiger partial charge in [0, 0.05) is 24.8 Å². The summed E-state index contributed by atoms with van der Waals surface area (Å²) in [6.45, 7) is 1.69. The van der Waals surface area contributed by atoms with Crippen molar-refractivity contribution in [2.24, 2.45) is 0 Å². The first-order chi connectivity index (χ1) is 9.06. The van der Waals surface area contributed by atoms with Gasteiger partial charge >= 0.3 is 0 Å². The molecule has 104 valence electrons. The number of carbonyl (C=O) groups is 1. The molecule has 1 aromatic carbocycles. The van der Waals surface area contributed by atoms with Crippen LogP contribution in [0.25, 0.3) is 0 Å². The van der Waals surface area contributed by atoms with E-state index in [2.05, 4.69) is 4.90 Å². The summed E-state index contributed by atoms with van der Waals surface area (Å²) in [5, 5.41) is 0. The first-order valence-corrected chi connectivity index (χ1v) is 6.49. The van der Waals surface area contributed by atoms with Gasteiger partial charge in [-0.1, -0.05) is 0 Å². The minimum absolute atomic E-state index is 0.0428. The summed E-state index contributed by atoms with van der Waals surface area (Å²) < 4.78 is 5.47. The highest BCUT2D eigenvalue weighted by atomic mass is 16.5. The first-order valence-electron chi connectivity index (χ1n) is 6.49. The second-order valence-electron chi connectivity index (χ2n) is 5.10. The van der Waals surface area contributed by atoms with Gasteiger partial charge in [-0.25, -0.2) is 0 Å². The molecule has 1 aliphatic rings. The molecule has 1 aromatic rings. The van der Waals surface area contributed by atoms with Crippen LogP contribution in [0.4, 0.5) is 5.69 Å². The molecule has 2 rings (SSSR count). The van der Waals surface area contributed by atoms with Crippen molar-refractivity contribution in [1.29, 1.82) is 0 Å². The van der Waals surface area contributed by atoms with Crippen molar-refractivity contribution in [2.45, 2.75) is 12.5 Å². The Balaban J connectivity index is 1.80. The molecule has 1 fully saturated rings. The van der Waals surface area contributed by atoms with Crippen LogP contribution >= 0.6 is 0 Å². The highest BCUT2D eigenvalue weighted by Gasteiger charge is 2.27. The Morgan fingerprint density at radius 3 is 2.68 bits per heavy atom. The van der Waals surface area contributed by atoms with Crippen molar-refractivity contribution in [1.82, 2.24) is 9.80 Å². The van der Waals surface area contributed by atoms with Crippen LogP contribution in [0.5, 0.6) is 5.75 Å². The van der Waals surface area contributed by atoms with E-state index in [4.69, 9.17) is 10.5 Å². The largest absolute Gasteiger partial charge is 0.484 e. The Labute approximate surface area is 113 Å². The summed E-state index contributed by atoms with van der Waals surface area (Å²) in [5.74, 6) is 0.715. The van der Waals surface area contributed by atoms with Crippen LogP contribution in [0.3, 0.4) is 0 Å². The van der Waals surface area contributed by atoms with Gasteiger partial charge in [0.15, 0.2) is 6.61 Å². The normalized spacial score (nSPS) is 18.9. The number of nitrogens with two attached hydrogens (primary N) is 1. The van der Waals surface area contributed by atoms with Crippen molar-refractivity contribution in [2.75, 3.05) is 39.5 Å². The lowest BCUT2D eigenvalue weighted by atomic mass is 10.2. The van der Waals surface area contributed by atoms with E-state index in [1.54, 1.807) is 24.3 Å². The molecular weight excluding hydrogens is 242 g/mol. The molecule has 0 saturated carbocycles. The molecule has 5 nitrogen and oxygen atoms in total. The molecule has 1 amide bonds. The van der Waals surface area contributed by atoms with E-state index in [1.807, 2.05) is 19.0 Å². The van der Waals surface area contributed by atoms with Crippen molar-refractivity contribution in [3.05, 3.63) is 24.3 Å². The standard InChI is InChI=1S/C14H21N3O2/c1-16(2)12-7-8-17(9-12)14(18)10-19-13-5-3-11(15)4-6-13/h3-6,12H,7-10,15H2,1-2H3. The third kappa shape index (κ3) is 3.61. The topological polar surface area (TPSA) is 58.8 Å². The number of nitrogens with zero attached hydrogens (tertiary/aromatic N) is 2. The summed E-state index contributed by atoms with van der Waals surface area (Å²) in [6, 6.07) is 7.53. The van der Waals surface area contributed by atoms with Gasteiger partial charge in [-0.05, 0) is 44.8 Å². The predicted molar refractivity (Wildman–Crippen MR) is 75.0 cm³/mol. The summed E-state index contributed by atoms with van der Waals surface area (Å²) in [5.41, 5.74) is 6.28. The molecule has 0 aromatic heterocycles. The highest BCUT2D eigenvalue weighted by Crippen LogP contribution is 2.15. The second kappa shape index (κ2) is 5.93. The molecule has 0 spiro atoms. The van der Waals surface area contributed by atoms with E-state index in [-0.39, 0.29) is 12.5 Å². The summed E-state index contributed by atoms with van der Waals surface area (Å²) in [4.78, 5) is 16.0. The van der Waals surface area contributed by atoms with Crippen LogP contribution in [0.15, 0.2) is 24.3 Å². The minimum atomic E-state index is 0.0428. The fraction of sp³-hybridized carbons (Fsp3) is 0.500. The lowest BCUT2D eigenvalue weighted by Crippen LogP contribution is -2.36. The van der Waals surface area contributed by atoms with Crippen LogP contribution in [0.2, 0.25) is 0 Å². The molecule has 0 radical (unpaired) electrons. The summed E-state index contributed by atoms with van der Waals surface area (Å²) >= 11 is 0. The number of rotatable bonds is 4. The molecule has 0 aliphatic carbocycles. The van der Waals surface area contributed by atoms with E-state index in [0.717, 1.165) is 19.5 Å². The van der Waals surface area contributed by atoms with Crippen LogP contribution < -0.4 is 10.5 Å². The zero-order chi connectivity index (χ0) is 13.8. The first kappa shape index (κ1) is 13.7.